The zero-order valence-electron chi connectivity index (χ0n) is 14.5. The van der Waals surface area contributed by atoms with E-state index in [9.17, 15) is 13.2 Å². The van der Waals surface area contributed by atoms with Crippen LogP contribution in [-0.2, 0) is 14.8 Å². The summed E-state index contributed by atoms with van der Waals surface area (Å²) in [5.41, 5.74) is 6.07. The Labute approximate surface area is 155 Å². The quantitative estimate of drug-likeness (QED) is 0.671. The van der Waals surface area contributed by atoms with Gasteiger partial charge in [0.2, 0.25) is 10.0 Å². The van der Waals surface area contributed by atoms with E-state index in [0.29, 0.717) is 25.2 Å². The summed E-state index contributed by atoms with van der Waals surface area (Å²) in [6, 6.07) is 6.10. The Morgan fingerprint density at radius 2 is 2.16 bits per heavy atom. The van der Waals surface area contributed by atoms with Gasteiger partial charge >= 0.3 is 0 Å². The minimum absolute atomic E-state index is 0. The predicted octanol–water partition coefficient (Wildman–Crippen LogP) is 0.844. The Hall–Kier alpha value is -1.19. The highest BCUT2D eigenvalue weighted by molar-refractivity contribution is 7.89. The van der Waals surface area contributed by atoms with Gasteiger partial charge in [-0.15, -0.1) is 12.4 Å². The number of nitrogens with zero attached hydrogens (tertiary/aromatic N) is 1. The van der Waals surface area contributed by atoms with Crippen molar-refractivity contribution in [1.82, 2.24) is 9.62 Å². The van der Waals surface area contributed by atoms with Crippen LogP contribution in [0.5, 0.6) is 0 Å². The molecule has 9 heteroatoms. The van der Waals surface area contributed by atoms with Crippen LogP contribution in [0.1, 0.15) is 23.7 Å². The van der Waals surface area contributed by atoms with Gasteiger partial charge in [0.1, 0.15) is 0 Å². The van der Waals surface area contributed by atoms with Crippen molar-refractivity contribution in [2.24, 2.45) is 11.1 Å². The minimum atomic E-state index is -3.66. The van der Waals surface area contributed by atoms with E-state index in [-0.39, 0.29) is 41.8 Å². The van der Waals surface area contributed by atoms with Crippen molar-refractivity contribution in [3.8, 4) is 0 Å². The van der Waals surface area contributed by atoms with Crippen molar-refractivity contribution in [3.63, 3.8) is 0 Å². The van der Waals surface area contributed by atoms with Crippen LogP contribution in [0, 0.1) is 5.41 Å². The number of nitrogens with two attached hydrogens (primary N) is 1. The summed E-state index contributed by atoms with van der Waals surface area (Å²) < 4.78 is 31.8. The molecule has 1 aromatic carbocycles. The van der Waals surface area contributed by atoms with Crippen molar-refractivity contribution in [1.29, 1.82) is 0 Å². The van der Waals surface area contributed by atoms with Crippen molar-refractivity contribution in [2.75, 3.05) is 39.9 Å². The number of halogens is 1. The standard InChI is InChI=1S/C16H25N3O4S.ClH/c1-16(11-17)6-8-19(12-16)15(20)13-4-3-5-14(10-13)24(21,22)18-7-9-23-2;/h3-5,10,18H,6-9,11-12,17H2,1-2H3;1H. The fraction of sp³-hybridized carbons (Fsp3) is 0.562. The Morgan fingerprint density at radius 3 is 2.76 bits per heavy atom. The van der Waals surface area contributed by atoms with Gasteiger partial charge in [-0.3, -0.25) is 4.79 Å². The number of hydrogen-bond donors (Lipinski definition) is 2. The highest BCUT2D eigenvalue weighted by Gasteiger charge is 2.35. The minimum Gasteiger partial charge on any atom is -0.383 e. The van der Waals surface area contributed by atoms with Gasteiger partial charge in [0.05, 0.1) is 11.5 Å². The van der Waals surface area contributed by atoms with Gasteiger partial charge in [-0.25, -0.2) is 13.1 Å². The molecule has 7 nitrogen and oxygen atoms in total. The molecule has 1 saturated heterocycles. The average molecular weight is 392 g/mol. The van der Waals surface area contributed by atoms with Crippen LogP contribution in [0.4, 0.5) is 0 Å². The molecule has 1 heterocycles. The van der Waals surface area contributed by atoms with E-state index in [1.165, 1.54) is 19.2 Å². The predicted molar refractivity (Wildman–Crippen MR) is 98.4 cm³/mol. The fourth-order valence-corrected chi connectivity index (χ4v) is 3.76. The van der Waals surface area contributed by atoms with Gasteiger partial charge in [0.15, 0.2) is 0 Å². The van der Waals surface area contributed by atoms with Crippen LogP contribution in [0.25, 0.3) is 0 Å². The summed E-state index contributed by atoms with van der Waals surface area (Å²) in [5.74, 6) is -0.166. The second-order valence-corrected chi connectivity index (χ2v) is 8.18. The molecule has 0 bridgehead atoms. The molecule has 1 aliphatic rings. The van der Waals surface area contributed by atoms with E-state index in [1.54, 1.807) is 17.0 Å². The number of ether oxygens (including phenoxy) is 1. The molecule has 1 aliphatic heterocycles. The molecule has 0 saturated carbocycles. The molecule has 1 aromatic rings. The van der Waals surface area contributed by atoms with Gasteiger partial charge in [-0.1, -0.05) is 13.0 Å². The first-order valence-electron chi connectivity index (χ1n) is 7.89. The van der Waals surface area contributed by atoms with Crippen LogP contribution in [0.3, 0.4) is 0 Å². The smallest absolute Gasteiger partial charge is 0.253 e. The zero-order valence-corrected chi connectivity index (χ0v) is 16.2. The molecule has 1 unspecified atom stereocenters. The molecular weight excluding hydrogens is 366 g/mol. The molecule has 0 aliphatic carbocycles. The topological polar surface area (TPSA) is 102 Å². The zero-order chi connectivity index (χ0) is 17.8. The van der Waals surface area contributed by atoms with Gasteiger partial charge < -0.3 is 15.4 Å². The van der Waals surface area contributed by atoms with Crippen LogP contribution < -0.4 is 10.5 Å². The molecule has 3 N–H and O–H groups in total. The first-order valence-corrected chi connectivity index (χ1v) is 9.38. The Bertz CT molecular complexity index is 698. The molecule has 0 spiro atoms. The summed E-state index contributed by atoms with van der Waals surface area (Å²) >= 11 is 0. The van der Waals surface area contributed by atoms with Crippen molar-refractivity contribution in [3.05, 3.63) is 29.8 Å². The van der Waals surface area contributed by atoms with Gasteiger partial charge in [0.25, 0.3) is 5.91 Å². The summed E-state index contributed by atoms with van der Waals surface area (Å²) in [7, 11) is -2.16. The number of carbonyl (C=O) groups excluding carboxylic acids is 1. The van der Waals surface area contributed by atoms with E-state index in [0.717, 1.165) is 6.42 Å². The van der Waals surface area contributed by atoms with E-state index < -0.39 is 10.0 Å². The maximum absolute atomic E-state index is 12.6. The maximum Gasteiger partial charge on any atom is 0.253 e. The number of methoxy groups -OCH3 is 1. The van der Waals surface area contributed by atoms with E-state index in [4.69, 9.17) is 10.5 Å². The Morgan fingerprint density at radius 1 is 1.44 bits per heavy atom. The lowest BCUT2D eigenvalue weighted by atomic mass is 9.90. The van der Waals surface area contributed by atoms with Crippen LogP contribution >= 0.6 is 12.4 Å². The molecule has 0 aromatic heterocycles. The molecular formula is C16H26ClN3O4S. The fourth-order valence-electron chi connectivity index (χ4n) is 2.70. The van der Waals surface area contributed by atoms with Crippen LogP contribution in [-0.4, -0.2) is 59.1 Å². The summed E-state index contributed by atoms with van der Waals surface area (Å²) in [4.78, 5) is 14.4. The normalized spacial score (nSPS) is 20.4. The largest absolute Gasteiger partial charge is 0.383 e. The number of likely N-dealkylation sites (tertiary alicyclic amines) is 1. The Kier molecular flexibility index (Phi) is 7.83. The van der Waals surface area contributed by atoms with Crippen molar-refractivity contribution in [2.45, 2.75) is 18.2 Å². The number of amides is 1. The molecule has 1 atom stereocenters. The molecule has 1 amide bonds. The number of hydrogen-bond acceptors (Lipinski definition) is 5. The first kappa shape index (κ1) is 21.9. The van der Waals surface area contributed by atoms with Gasteiger partial charge in [-0.2, -0.15) is 0 Å². The highest BCUT2D eigenvalue weighted by Crippen LogP contribution is 2.29. The lowest BCUT2D eigenvalue weighted by molar-refractivity contribution is 0.0776. The molecule has 0 radical (unpaired) electrons. The van der Waals surface area contributed by atoms with Crippen molar-refractivity contribution >= 4 is 28.3 Å². The molecule has 142 valence electrons. The molecule has 2 rings (SSSR count). The summed E-state index contributed by atoms with van der Waals surface area (Å²) in [6.07, 6.45) is 0.853. The molecule has 1 fully saturated rings. The lowest BCUT2D eigenvalue weighted by Gasteiger charge is -2.22. The first-order chi connectivity index (χ1) is 11.3. The van der Waals surface area contributed by atoms with Gasteiger partial charge in [0, 0.05) is 32.3 Å². The summed E-state index contributed by atoms with van der Waals surface area (Å²) in [6.45, 7) is 4.26. The summed E-state index contributed by atoms with van der Waals surface area (Å²) in [5, 5.41) is 0. The van der Waals surface area contributed by atoms with E-state index >= 15 is 0 Å². The average Bonchev–Trinajstić information content (AvgIpc) is 2.97. The second kappa shape index (κ2) is 8.95. The number of nitrogens with one attached hydrogen (secondary N) is 1. The maximum atomic E-state index is 12.6. The highest BCUT2D eigenvalue weighted by atomic mass is 35.5. The number of benzene rings is 1. The number of sulfonamides is 1. The van der Waals surface area contributed by atoms with Gasteiger partial charge in [-0.05, 0) is 36.6 Å². The number of carbonyl (C=O) groups is 1. The third kappa shape index (κ3) is 5.39. The third-order valence-corrected chi connectivity index (χ3v) is 5.79. The van der Waals surface area contributed by atoms with Crippen LogP contribution in [0.2, 0.25) is 0 Å². The SMILES string of the molecule is COCCNS(=O)(=O)c1cccc(C(=O)N2CCC(C)(CN)C2)c1.Cl. The van der Waals surface area contributed by atoms with Crippen LogP contribution in [0.15, 0.2) is 29.2 Å². The van der Waals surface area contributed by atoms with Crippen molar-refractivity contribution < 1.29 is 17.9 Å². The van der Waals surface area contributed by atoms with E-state index in [1.807, 2.05) is 0 Å². The molecule has 25 heavy (non-hydrogen) atoms. The monoisotopic (exact) mass is 391 g/mol. The lowest BCUT2D eigenvalue weighted by Crippen LogP contribution is -2.34. The third-order valence-electron chi connectivity index (χ3n) is 4.33. The van der Waals surface area contributed by atoms with E-state index in [2.05, 4.69) is 11.6 Å². The second-order valence-electron chi connectivity index (χ2n) is 6.41. The number of rotatable bonds is 7. The Balaban J connectivity index is 0.00000312.